The number of unbranched alkanes of at least 4 members (excludes halogenated alkanes) is 8. The second kappa shape index (κ2) is 14.5. The fourth-order valence-corrected chi connectivity index (χ4v) is 6.51. The van der Waals surface area contributed by atoms with Crippen molar-refractivity contribution in [1.29, 1.82) is 0 Å². The summed E-state index contributed by atoms with van der Waals surface area (Å²) in [6, 6.07) is 7.24. The van der Waals surface area contributed by atoms with Crippen LogP contribution in [0.3, 0.4) is 0 Å². The highest BCUT2D eigenvalue weighted by Gasteiger charge is 2.18. The van der Waals surface area contributed by atoms with Gasteiger partial charge in [0.05, 0.1) is 4.90 Å². The van der Waals surface area contributed by atoms with Gasteiger partial charge in [0.2, 0.25) is 8.87 Å². The lowest BCUT2D eigenvalue weighted by Gasteiger charge is -2.16. The van der Waals surface area contributed by atoms with E-state index >= 15 is 0 Å². The first-order chi connectivity index (χ1) is 13.0. The third-order valence-electron chi connectivity index (χ3n) is 5.20. The van der Waals surface area contributed by atoms with Crippen LogP contribution in [0.1, 0.15) is 96.5 Å². The molecular weight excluding hydrogens is 372 g/mol. The van der Waals surface area contributed by atoms with Gasteiger partial charge in [-0.25, -0.2) is 8.42 Å². The van der Waals surface area contributed by atoms with Crippen LogP contribution in [0.5, 0.6) is 0 Å². The topological polar surface area (TPSA) is 34.1 Å². The number of aryl methyl sites for hydroxylation is 1. The van der Waals surface area contributed by atoms with E-state index in [1.165, 1.54) is 77.0 Å². The molecule has 0 aliphatic carbocycles. The van der Waals surface area contributed by atoms with Gasteiger partial charge >= 0.3 is 0 Å². The summed E-state index contributed by atoms with van der Waals surface area (Å²) >= 11 is 0. The molecule has 0 heterocycles. The summed E-state index contributed by atoms with van der Waals surface area (Å²) in [6.07, 6.45) is 15.2. The third kappa shape index (κ3) is 11.2. The predicted molar refractivity (Wildman–Crippen MR) is 121 cm³/mol. The standard InChI is InChI=1S/C23H40O2S2/c1-4-6-8-10-11-13-15-22(14-12-9-7-5-2)20-26-27(24,25)23-18-16-21(3)17-19-23/h16-19,22H,4-15,20H2,1-3H3. The van der Waals surface area contributed by atoms with Gasteiger partial charge in [-0.15, -0.1) is 0 Å². The van der Waals surface area contributed by atoms with Crippen molar-refractivity contribution in [2.45, 2.75) is 103 Å². The van der Waals surface area contributed by atoms with E-state index in [9.17, 15) is 8.42 Å². The summed E-state index contributed by atoms with van der Waals surface area (Å²) in [5, 5.41) is 0. The van der Waals surface area contributed by atoms with E-state index in [0.717, 1.165) is 22.1 Å². The van der Waals surface area contributed by atoms with Crippen LogP contribution in [0.2, 0.25) is 0 Å². The minimum absolute atomic E-state index is 0.447. The van der Waals surface area contributed by atoms with E-state index in [-0.39, 0.29) is 0 Å². The van der Waals surface area contributed by atoms with Crippen LogP contribution in [0.15, 0.2) is 29.2 Å². The van der Waals surface area contributed by atoms with Gasteiger partial charge in [-0.2, -0.15) is 0 Å². The fraction of sp³-hybridized carbons (Fsp3) is 0.739. The highest BCUT2D eigenvalue weighted by molar-refractivity contribution is 8.72. The van der Waals surface area contributed by atoms with E-state index in [1.807, 2.05) is 19.1 Å². The summed E-state index contributed by atoms with van der Waals surface area (Å²) in [5.41, 5.74) is 1.09. The van der Waals surface area contributed by atoms with Gasteiger partial charge < -0.3 is 0 Å². The SMILES string of the molecule is CCCCCCCCC(CCCCCC)CSS(=O)(=O)c1ccc(C)cc1. The van der Waals surface area contributed by atoms with Crippen LogP contribution in [0.25, 0.3) is 0 Å². The van der Waals surface area contributed by atoms with Gasteiger partial charge in [-0.05, 0) is 48.6 Å². The predicted octanol–water partition coefficient (Wildman–Crippen LogP) is 7.75. The maximum Gasteiger partial charge on any atom is 0.230 e. The maximum absolute atomic E-state index is 12.6. The summed E-state index contributed by atoms with van der Waals surface area (Å²) < 4.78 is 25.3. The molecule has 0 amide bonds. The van der Waals surface area contributed by atoms with E-state index in [4.69, 9.17) is 0 Å². The first-order valence-corrected chi connectivity index (χ1v) is 13.9. The summed E-state index contributed by atoms with van der Waals surface area (Å²) in [4.78, 5) is 0.447. The molecule has 156 valence electrons. The first kappa shape index (κ1) is 24.6. The van der Waals surface area contributed by atoms with Crippen LogP contribution >= 0.6 is 10.8 Å². The van der Waals surface area contributed by atoms with Crippen molar-refractivity contribution in [3.8, 4) is 0 Å². The van der Waals surface area contributed by atoms with Crippen LogP contribution < -0.4 is 0 Å². The summed E-state index contributed by atoms with van der Waals surface area (Å²) in [6.45, 7) is 6.46. The Hall–Kier alpha value is -0.480. The molecule has 1 aromatic carbocycles. The summed E-state index contributed by atoms with van der Waals surface area (Å²) in [7, 11) is -2.08. The van der Waals surface area contributed by atoms with Crippen LogP contribution in [-0.2, 0) is 8.87 Å². The Morgan fingerprint density at radius 1 is 0.778 bits per heavy atom. The highest BCUT2D eigenvalue weighted by Crippen LogP contribution is 2.29. The van der Waals surface area contributed by atoms with E-state index < -0.39 is 8.87 Å². The van der Waals surface area contributed by atoms with E-state index in [1.54, 1.807) is 12.1 Å². The average molecular weight is 413 g/mol. The molecule has 0 fully saturated rings. The number of benzene rings is 1. The molecule has 1 rings (SSSR count). The Bertz CT molecular complexity index is 579. The van der Waals surface area contributed by atoms with E-state index in [0.29, 0.717) is 10.8 Å². The van der Waals surface area contributed by atoms with Crippen LogP contribution in [0, 0.1) is 12.8 Å². The normalized spacial score (nSPS) is 13.0. The number of rotatable bonds is 16. The average Bonchev–Trinajstić information content (AvgIpc) is 2.65. The van der Waals surface area contributed by atoms with Gasteiger partial charge in [-0.3, -0.25) is 0 Å². The van der Waals surface area contributed by atoms with Crippen molar-refractivity contribution in [3.63, 3.8) is 0 Å². The van der Waals surface area contributed by atoms with Gasteiger partial charge in [-0.1, -0.05) is 95.8 Å². The molecular formula is C23H40O2S2. The Balaban J connectivity index is 2.49. The Morgan fingerprint density at radius 2 is 1.26 bits per heavy atom. The van der Waals surface area contributed by atoms with Gasteiger partial charge in [0, 0.05) is 5.75 Å². The highest BCUT2D eigenvalue weighted by atomic mass is 33.1. The summed E-state index contributed by atoms with van der Waals surface area (Å²) in [5.74, 6) is 1.26. The van der Waals surface area contributed by atoms with E-state index in [2.05, 4.69) is 13.8 Å². The lowest BCUT2D eigenvalue weighted by molar-refractivity contribution is 0.440. The molecule has 0 aliphatic heterocycles. The van der Waals surface area contributed by atoms with Crippen LogP contribution in [-0.4, -0.2) is 14.2 Å². The molecule has 0 spiro atoms. The molecule has 0 aromatic heterocycles. The molecule has 1 atom stereocenters. The molecule has 27 heavy (non-hydrogen) atoms. The number of hydrogen-bond donors (Lipinski definition) is 0. The quantitative estimate of drug-likeness (QED) is 0.205. The molecule has 2 nitrogen and oxygen atoms in total. The maximum atomic E-state index is 12.6. The van der Waals surface area contributed by atoms with Crippen molar-refractivity contribution in [2.24, 2.45) is 5.92 Å². The largest absolute Gasteiger partial charge is 0.230 e. The van der Waals surface area contributed by atoms with Gasteiger partial charge in [0.25, 0.3) is 0 Å². The second-order valence-corrected chi connectivity index (χ2v) is 11.8. The van der Waals surface area contributed by atoms with Crippen molar-refractivity contribution in [1.82, 2.24) is 0 Å². The first-order valence-electron chi connectivity index (χ1n) is 11.0. The minimum atomic E-state index is -3.23. The second-order valence-electron chi connectivity index (χ2n) is 7.82. The smallest absolute Gasteiger partial charge is 0.212 e. The zero-order chi connectivity index (χ0) is 20.0. The fourth-order valence-electron chi connectivity index (χ4n) is 3.34. The molecule has 0 saturated carbocycles. The Kier molecular flexibility index (Phi) is 13.2. The molecule has 4 heteroatoms. The molecule has 1 unspecified atom stereocenters. The zero-order valence-corrected chi connectivity index (χ0v) is 19.3. The number of hydrogen-bond acceptors (Lipinski definition) is 3. The van der Waals surface area contributed by atoms with Crippen LogP contribution in [0.4, 0.5) is 0 Å². The molecule has 0 bridgehead atoms. The molecule has 0 N–H and O–H groups in total. The molecule has 0 saturated heterocycles. The minimum Gasteiger partial charge on any atom is -0.212 e. The molecule has 0 aliphatic rings. The third-order valence-corrected chi connectivity index (χ3v) is 8.88. The lowest BCUT2D eigenvalue weighted by atomic mass is 9.96. The van der Waals surface area contributed by atoms with Crippen molar-refractivity contribution in [3.05, 3.63) is 29.8 Å². The van der Waals surface area contributed by atoms with Crippen molar-refractivity contribution < 1.29 is 8.42 Å². The van der Waals surface area contributed by atoms with Crippen molar-refractivity contribution in [2.75, 3.05) is 5.75 Å². The Labute approximate surface area is 172 Å². The zero-order valence-electron chi connectivity index (χ0n) is 17.7. The molecule has 0 radical (unpaired) electrons. The monoisotopic (exact) mass is 412 g/mol. The van der Waals surface area contributed by atoms with Gasteiger partial charge in [0.15, 0.2) is 0 Å². The molecule has 1 aromatic rings. The Morgan fingerprint density at radius 3 is 1.81 bits per heavy atom. The van der Waals surface area contributed by atoms with Gasteiger partial charge in [0.1, 0.15) is 0 Å². The van der Waals surface area contributed by atoms with Crippen molar-refractivity contribution >= 4 is 19.7 Å². The lowest BCUT2D eigenvalue weighted by Crippen LogP contribution is -2.07.